The minimum Gasteiger partial charge on any atom is -0.478 e. The first-order chi connectivity index (χ1) is 14.0. The third kappa shape index (κ3) is 3.97. The molecule has 0 bridgehead atoms. The molecule has 1 saturated carbocycles. The molecular weight excluding hydrogens is 370 g/mol. The molecule has 1 amide bonds. The van der Waals surface area contributed by atoms with E-state index in [1.54, 1.807) is 6.07 Å². The SMILES string of the molecule is CCOc1ccc2c(n1)C(=O)O[C@]21CC[C@H](C(=O)N(C)CCN2CCCC2)CC1. The molecule has 3 heterocycles. The fourth-order valence-corrected chi connectivity index (χ4v) is 4.90. The molecule has 0 radical (unpaired) electrons. The minimum atomic E-state index is -0.630. The molecule has 1 aromatic rings. The Morgan fingerprint density at radius 3 is 2.72 bits per heavy atom. The number of ether oxygens (including phenoxy) is 2. The van der Waals surface area contributed by atoms with Gasteiger partial charge in [0.2, 0.25) is 11.8 Å². The summed E-state index contributed by atoms with van der Waals surface area (Å²) in [6, 6.07) is 3.71. The topological polar surface area (TPSA) is 72.0 Å². The maximum Gasteiger partial charge on any atom is 0.358 e. The lowest BCUT2D eigenvalue weighted by atomic mass is 9.75. The van der Waals surface area contributed by atoms with Crippen molar-refractivity contribution in [2.45, 2.75) is 51.0 Å². The van der Waals surface area contributed by atoms with Gasteiger partial charge in [-0.3, -0.25) is 4.79 Å². The van der Waals surface area contributed by atoms with Gasteiger partial charge in [-0.1, -0.05) is 0 Å². The number of hydrogen-bond acceptors (Lipinski definition) is 6. The lowest BCUT2D eigenvalue weighted by Crippen LogP contribution is -2.41. The van der Waals surface area contributed by atoms with E-state index in [-0.39, 0.29) is 17.8 Å². The molecule has 29 heavy (non-hydrogen) atoms. The molecule has 3 aliphatic rings. The van der Waals surface area contributed by atoms with Crippen LogP contribution in [0.3, 0.4) is 0 Å². The molecular formula is C22H31N3O4. The smallest absolute Gasteiger partial charge is 0.358 e. The Labute approximate surface area is 172 Å². The highest BCUT2D eigenvalue weighted by Gasteiger charge is 2.49. The van der Waals surface area contributed by atoms with Crippen LogP contribution in [0.2, 0.25) is 0 Å². The number of pyridine rings is 1. The number of fused-ring (bicyclic) bond motifs is 2. The lowest BCUT2D eigenvalue weighted by molar-refractivity contribution is -0.137. The van der Waals surface area contributed by atoms with E-state index in [1.807, 2.05) is 24.9 Å². The molecule has 0 aromatic carbocycles. The van der Waals surface area contributed by atoms with Gasteiger partial charge < -0.3 is 19.3 Å². The Kier molecular flexibility index (Phi) is 5.76. The zero-order chi connectivity index (χ0) is 20.4. The number of carbonyl (C=O) groups is 2. The van der Waals surface area contributed by atoms with E-state index in [0.717, 1.165) is 44.6 Å². The highest BCUT2D eigenvalue weighted by Crippen LogP contribution is 2.48. The summed E-state index contributed by atoms with van der Waals surface area (Å²) >= 11 is 0. The quantitative estimate of drug-likeness (QED) is 0.683. The Hall–Kier alpha value is -2.15. The van der Waals surface area contributed by atoms with Crippen LogP contribution < -0.4 is 4.74 Å². The molecule has 1 spiro atoms. The van der Waals surface area contributed by atoms with Crippen LogP contribution in [0.1, 0.15) is 61.5 Å². The molecule has 7 heteroatoms. The number of likely N-dealkylation sites (tertiary alicyclic amines) is 1. The molecule has 4 rings (SSSR count). The Morgan fingerprint density at radius 1 is 1.31 bits per heavy atom. The van der Waals surface area contributed by atoms with Crippen molar-refractivity contribution in [1.29, 1.82) is 0 Å². The monoisotopic (exact) mass is 401 g/mol. The third-order valence-corrected chi connectivity index (χ3v) is 6.60. The second-order valence-corrected chi connectivity index (χ2v) is 8.45. The van der Waals surface area contributed by atoms with Gasteiger partial charge in [0.1, 0.15) is 5.60 Å². The van der Waals surface area contributed by atoms with Gasteiger partial charge in [0.25, 0.3) is 0 Å². The first-order valence-corrected chi connectivity index (χ1v) is 10.9. The van der Waals surface area contributed by atoms with Crippen molar-refractivity contribution < 1.29 is 19.1 Å². The Balaban J connectivity index is 1.37. The largest absolute Gasteiger partial charge is 0.478 e. The van der Waals surface area contributed by atoms with Crippen LogP contribution in [-0.2, 0) is 15.1 Å². The highest BCUT2D eigenvalue weighted by molar-refractivity contribution is 5.93. The van der Waals surface area contributed by atoms with Gasteiger partial charge in [0.15, 0.2) is 5.69 Å². The number of aromatic nitrogens is 1. The fourth-order valence-electron chi connectivity index (χ4n) is 4.90. The molecule has 0 unspecified atom stereocenters. The Morgan fingerprint density at radius 2 is 2.03 bits per heavy atom. The van der Waals surface area contributed by atoms with E-state index in [9.17, 15) is 9.59 Å². The maximum absolute atomic E-state index is 12.9. The van der Waals surface area contributed by atoms with Crippen molar-refractivity contribution in [2.24, 2.45) is 5.92 Å². The van der Waals surface area contributed by atoms with Gasteiger partial charge in [-0.15, -0.1) is 0 Å². The second-order valence-electron chi connectivity index (χ2n) is 8.45. The second kappa shape index (κ2) is 8.30. The van der Waals surface area contributed by atoms with E-state index in [1.165, 1.54) is 12.8 Å². The van der Waals surface area contributed by atoms with E-state index >= 15 is 0 Å². The summed E-state index contributed by atoms with van der Waals surface area (Å²) in [6.45, 7) is 6.42. The number of esters is 1. The van der Waals surface area contributed by atoms with Crippen molar-refractivity contribution >= 4 is 11.9 Å². The normalized spacial score (nSPS) is 26.4. The molecule has 1 saturated heterocycles. The summed E-state index contributed by atoms with van der Waals surface area (Å²) in [5, 5.41) is 0. The van der Waals surface area contributed by atoms with Crippen LogP contribution in [-0.4, -0.2) is 66.5 Å². The predicted octanol–water partition coefficient (Wildman–Crippen LogP) is 2.59. The van der Waals surface area contributed by atoms with E-state index < -0.39 is 5.60 Å². The van der Waals surface area contributed by atoms with Gasteiger partial charge in [-0.05, 0) is 64.6 Å². The van der Waals surface area contributed by atoms with Gasteiger partial charge >= 0.3 is 5.97 Å². The van der Waals surface area contributed by atoms with E-state index in [4.69, 9.17) is 9.47 Å². The zero-order valence-corrected chi connectivity index (χ0v) is 17.5. The minimum absolute atomic E-state index is 0.00242. The number of likely N-dealkylation sites (N-methyl/N-ethyl adjacent to an activating group) is 1. The first kappa shape index (κ1) is 20.1. The van der Waals surface area contributed by atoms with Crippen LogP contribution in [0.4, 0.5) is 0 Å². The molecule has 2 fully saturated rings. The van der Waals surface area contributed by atoms with Gasteiger partial charge in [-0.2, -0.15) is 0 Å². The molecule has 2 aliphatic heterocycles. The molecule has 158 valence electrons. The molecule has 1 aliphatic carbocycles. The summed E-state index contributed by atoms with van der Waals surface area (Å²) < 4.78 is 11.2. The number of carbonyl (C=O) groups excluding carboxylic acids is 2. The van der Waals surface area contributed by atoms with Crippen LogP contribution in [0.5, 0.6) is 5.88 Å². The van der Waals surface area contributed by atoms with Crippen molar-refractivity contribution in [3.63, 3.8) is 0 Å². The highest BCUT2D eigenvalue weighted by atomic mass is 16.6. The molecule has 0 N–H and O–H groups in total. The summed E-state index contributed by atoms with van der Waals surface area (Å²) in [5.41, 5.74) is 0.581. The molecule has 1 aromatic heterocycles. The van der Waals surface area contributed by atoms with Crippen LogP contribution in [0.25, 0.3) is 0 Å². The van der Waals surface area contributed by atoms with Crippen LogP contribution in [0.15, 0.2) is 12.1 Å². The van der Waals surface area contributed by atoms with E-state index in [0.29, 0.717) is 31.0 Å². The van der Waals surface area contributed by atoms with Gasteiger partial charge in [0, 0.05) is 37.7 Å². The number of nitrogens with zero attached hydrogens (tertiary/aromatic N) is 3. The third-order valence-electron chi connectivity index (χ3n) is 6.60. The fraction of sp³-hybridized carbons (Fsp3) is 0.682. The average Bonchev–Trinajstić information content (AvgIpc) is 3.34. The average molecular weight is 402 g/mol. The maximum atomic E-state index is 12.9. The van der Waals surface area contributed by atoms with E-state index in [2.05, 4.69) is 9.88 Å². The molecule has 7 nitrogen and oxygen atoms in total. The summed E-state index contributed by atoms with van der Waals surface area (Å²) in [4.78, 5) is 34.0. The van der Waals surface area contributed by atoms with Crippen molar-refractivity contribution in [3.8, 4) is 5.88 Å². The Bertz CT molecular complexity index is 767. The van der Waals surface area contributed by atoms with Crippen LogP contribution >= 0.6 is 0 Å². The van der Waals surface area contributed by atoms with Crippen molar-refractivity contribution in [1.82, 2.24) is 14.8 Å². The number of hydrogen-bond donors (Lipinski definition) is 0. The molecule has 0 atom stereocenters. The number of amides is 1. The predicted molar refractivity (Wildman–Crippen MR) is 108 cm³/mol. The van der Waals surface area contributed by atoms with Crippen molar-refractivity contribution in [2.75, 3.05) is 39.8 Å². The first-order valence-electron chi connectivity index (χ1n) is 10.9. The van der Waals surface area contributed by atoms with Crippen molar-refractivity contribution in [3.05, 3.63) is 23.4 Å². The summed E-state index contributed by atoms with van der Waals surface area (Å²) in [7, 11) is 1.91. The van der Waals surface area contributed by atoms with Gasteiger partial charge in [0.05, 0.1) is 6.61 Å². The standard InChI is InChI=1S/C22H31N3O4/c1-3-28-18-7-6-17-19(23-18)21(27)29-22(17)10-8-16(9-11-22)20(26)24(2)14-15-25-12-4-5-13-25/h6-7,16H,3-5,8-15H2,1-2H3/t16-,22-. The van der Waals surface area contributed by atoms with Gasteiger partial charge in [-0.25, -0.2) is 9.78 Å². The zero-order valence-electron chi connectivity index (χ0n) is 17.5. The summed E-state index contributed by atoms with van der Waals surface area (Å²) in [6.07, 6.45) is 5.32. The van der Waals surface area contributed by atoms with Crippen LogP contribution in [0, 0.1) is 5.92 Å². The lowest BCUT2D eigenvalue weighted by Gasteiger charge is -2.37. The summed E-state index contributed by atoms with van der Waals surface area (Å²) in [5.74, 6) is 0.286. The number of rotatable bonds is 6.